The average molecular weight is 491 g/mol. The van der Waals surface area contributed by atoms with E-state index in [1.54, 1.807) is 0 Å². The van der Waals surface area contributed by atoms with Gasteiger partial charge in [-0.25, -0.2) is 13.2 Å². The number of ether oxygens (including phenoxy) is 2. The molecule has 1 heterocycles. The lowest BCUT2D eigenvalue weighted by molar-refractivity contribution is 0.0488. The Morgan fingerprint density at radius 1 is 0.943 bits per heavy atom. The highest BCUT2D eigenvalue weighted by molar-refractivity contribution is 7.89. The van der Waals surface area contributed by atoms with Gasteiger partial charge in [-0.15, -0.1) is 0 Å². The predicted molar refractivity (Wildman–Crippen MR) is 130 cm³/mol. The van der Waals surface area contributed by atoms with Gasteiger partial charge in [0.15, 0.2) is 0 Å². The Bertz CT molecular complexity index is 1260. The molecule has 0 atom stereocenters. The average Bonchev–Trinajstić information content (AvgIpc) is 2.93. The molecule has 4 rings (SSSR count). The molecule has 3 aromatic carbocycles. The fraction of sp³-hybridized carbons (Fsp3) is 0.259. The molecule has 0 unspecified atom stereocenters. The van der Waals surface area contributed by atoms with E-state index in [9.17, 15) is 18.5 Å². The van der Waals surface area contributed by atoms with Crippen molar-refractivity contribution < 1.29 is 22.7 Å². The van der Waals surface area contributed by atoms with Crippen molar-refractivity contribution >= 4 is 16.0 Å². The second-order valence-electron chi connectivity index (χ2n) is 8.18. The van der Waals surface area contributed by atoms with Crippen LogP contribution in [0.4, 0.5) is 0 Å². The summed E-state index contributed by atoms with van der Waals surface area (Å²) in [6, 6.07) is 27.1. The first-order valence-corrected chi connectivity index (χ1v) is 12.8. The van der Waals surface area contributed by atoms with Gasteiger partial charge in [0.05, 0.1) is 36.3 Å². The van der Waals surface area contributed by atoms with Crippen LogP contribution >= 0.6 is 0 Å². The number of hydrogen-bond acceptors (Lipinski definition) is 6. The number of benzene rings is 3. The van der Waals surface area contributed by atoms with Gasteiger partial charge in [-0.3, -0.25) is 0 Å². The van der Waals surface area contributed by atoms with Crippen molar-refractivity contribution in [2.45, 2.75) is 16.7 Å². The first kappa shape index (κ1) is 24.6. The second-order valence-corrected chi connectivity index (χ2v) is 10.1. The van der Waals surface area contributed by atoms with Crippen LogP contribution in [0.1, 0.15) is 27.9 Å². The van der Waals surface area contributed by atoms with Crippen LogP contribution in [0, 0.1) is 11.3 Å². The zero-order valence-electron chi connectivity index (χ0n) is 19.2. The zero-order valence-corrected chi connectivity index (χ0v) is 20.0. The van der Waals surface area contributed by atoms with Crippen molar-refractivity contribution in [1.82, 2.24) is 4.31 Å². The SMILES string of the molecule is N#CC(CCOC(=O)c1cccc(S(=O)(=O)N2CCOCC2)c1)(c1ccccc1)c1ccccc1. The maximum atomic E-state index is 12.9. The minimum absolute atomic E-state index is 0.0172. The second kappa shape index (κ2) is 10.8. The summed E-state index contributed by atoms with van der Waals surface area (Å²) in [4.78, 5) is 12.8. The molecule has 1 fully saturated rings. The minimum atomic E-state index is -3.74. The van der Waals surface area contributed by atoms with Crippen LogP contribution in [-0.2, 0) is 24.9 Å². The molecule has 0 N–H and O–H groups in total. The summed E-state index contributed by atoms with van der Waals surface area (Å²) in [6.07, 6.45) is 0.245. The first-order valence-electron chi connectivity index (χ1n) is 11.3. The third-order valence-corrected chi connectivity index (χ3v) is 8.01. The molecule has 0 bridgehead atoms. The van der Waals surface area contributed by atoms with Crippen LogP contribution < -0.4 is 0 Å². The van der Waals surface area contributed by atoms with Crippen molar-refractivity contribution in [3.63, 3.8) is 0 Å². The van der Waals surface area contributed by atoms with Crippen LogP contribution in [0.2, 0.25) is 0 Å². The molecule has 8 heteroatoms. The summed E-state index contributed by atoms with van der Waals surface area (Å²) in [5.74, 6) is -0.642. The molecule has 0 spiro atoms. The number of nitrogens with zero attached hydrogens (tertiary/aromatic N) is 2. The lowest BCUT2D eigenvalue weighted by Gasteiger charge is -2.28. The normalized spacial score (nSPS) is 14.7. The highest BCUT2D eigenvalue weighted by Crippen LogP contribution is 2.35. The highest BCUT2D eigenvalue weighted by atomic mass is 32.2. The van der Waals surface area contributed by atoms with Crippen molar-refractivity contribution in [1.29, 1.82) is 5.26 Å². The van der Waals surface area contributed by atoms with Gasteiger partial charge in [0.2, 0.25) is 10.0 Å². The molecule has 35 heavy (non-hydrogen) atoms. The third-order valence-electron chi connectivity index (χ3n) is 6.11. The molecule has 0 saturated carbocycles. The Kier molecular flexibility index (Phi) is 7.61. The number of nitriles is 1. The van der Waals surface area contributed by atoms with Crippen LogP contribution in [-0.4, -0.2) is 51.6 Å². The molecule has 3 aromatic rings. The molecular weight excluding hydrogens is 464 g/mol. The van der Waals surface area contributed by atoms with Gasteiger partial charge in [-0.1, -0.05) is 66.7 Å². The molecule has 1 aliphatic rings. The predicted octanol–water partition coefficient (Wildman–Crippen LogP) is 3.76. The van der Waals surface area contributed by atoms with Crippen LogP contribution in [0.5, 0.6) is 0 Å². The smallest absolute Gasteiger partial charge is 0.338 e. The van der Waals surface area contributed by atoms with Gasteiger partial charge >= 0.3 is 5.97 Å². The summed E-state index contributed by atoms with van der Waals surface area (Å²) in [5, 5.41) is 10.2. The van der Waals surface area contributed by atoms with Gasteiger partial charge in [0.1, 0.15) is 5.41 Å². The van der Waals surface area contributed by atoms with E-state index in [4.69, 9.17) is 9.47 Å². The van der Waals surface area contributed by atoms with E-state index in [1.165, 1.54) is 28.6 Å². The number of carbonyl (C=O) groups is 1. The quantitative estimate of drug-likeness (QED) is 0.446. The number of esters is 1. The molecular formula is C27H26N2O5S. The van der Waals surface area contributed by atoms with E-state index in [2.05, 4.69) is 6.07 Å². The monoisotopic (exact) mass is 490 g/mol. The Labute approximate surface area is 205 Å². The largest absolute Gasteiger partial charge is 0.462 e. The lowest BCUT2D eigenvalue weighted by atomic mass is 9.73. The van der Waals surface area contributed by atoms with Crippen molar-refractivity contribution in [3.8, 4) is 6.07 Å². The Balaban J connectivity index is 1.51. The molecule has 0 aromatic heterocycles. The Hall–Kier alpha value is -3.51. The van der Waals surface area contributed by atoms with Gasteiger partial charge in [0.25, 0.3) is 0 Å². The molecule has 1 aliphatic heterocycles. The standard InChI is InChI=1S/C27H26N2O5S/c28-21-27(23-9-3-1-4-10-23,24-11-5-2-6-12-24)14-17-34-26(30)22-8-7-13-25(20-22)35(31,32)29-15-18-33-19-16-29/h1-13,20H,14-19H2. The number of morpholine rings is 1. The van der Waals surface area contributed by atoms with E-state index < -0.39 is 21.4 Å². The van der Waals surface area contributed by atoms with Gasteiger partial charge in [0, 0.05) is 19.5 Å². The number of carbonyl (C=O) groups excluding carboxylic acids is 1. The molecule has 0 aliphatic carbocycles. The van der Waals surface area contributed by atoms with Gasteiger partial charge < -0.3 is 9.47 Å². The third kappa shape index (κ3) is 5.28. The van der Waals surface area contributed by atoms with E-state index in [1.807, 2.05) is 60.7 Å². The summed E-state index contributed by atoms with van der Waals surface area (Å²) in [6.45, 7) is 1.20. The van der Waals surface area contributed by atoms with Gasteiger partial charge in [-0.05, 0) is 29.3 Å². The number of hydrogen-bond donors (Lipinski definition) is 0. The van der Waals surface area contributed by atoms with E-state index in [0.29, 0.717) is 13.2 Å². The van der Waals surface area contributed by atoms with Crippen LogP contribution in [0.3, 0.4) is 0 Å². The highest BCUT2D eigenvalue weighted by Gasteiger charge is 2.35. The maximum Gasteiger partial charge on any atom is 0.338 e. The molecule has 7 nitrogen and oxygen atoms in total. The summed E-state index contributed by atoms with van der Waals surface area (Å²) in [7, 11) is -3.74. The van der Waals surface area contributed by atoms with Crippen molar-refractivity contribution in [2.75, 3.05) is 32.9 Å². The Morgan fingerprint density at radius 3 is 2.11 bits per heavy atom. The van der Waals surface area contributed by atoms with E-state index in [-0.39, 0.29) is 36.6 Å². The lowest BCUT2D eigenvalue weighted by Crippen LogP contribution is -2.40. The molecule has 180 valence electrons. The summed E-state index contributed by atoms with van der Waals surface area (Å²) in [5.41, 5.74) is 0.762. The molecule has 0 amide bonds. The topological polar surface area (TPSA) is 96.7 Å². The first-order chi connectivity index (χ1) is 17.0. The van der Waals surface area contributed by atoms with Crippen LogP contribution in [0.15, 0.2) is 89.8 Å². The summed E-state index contributed by atoms with van der Waals surface area (Å²) < 4.78 is 38.0. The molecule has 1 saturated heterocycles. The molecule has 0 radical (unpaired) electrons. The van der Waals surface area contributed by atoms with Crippen LogP contribution in [0.25, 0.3) is 0 Å². The van der Waals surface area contributed by atoms with E-state index in [0.717, 1.165) is 11.1 Å². The fourth-order valence-corrected chi connectivity index (χ4v) is 5.64. The van der Waals surface area contributed by atoms with E-state index >= 15 is 0 Å². The number of rotatable bonds is 8. The minimum Gasteiger partial charge on any atom is -0.462 e. The Morgan fingerprint density at radius 2 is 1.54 bits per heavy atom. The van der Waals surface area contributed by atoms with Gasteiger partial charge in [-0.2, -0.15) is 9.57 Å². The summed E-state index contributed by atoms with van der Waals surface area (Å²) >= 11 is 0. The zero-order chi connectivity index (χ0) is 24.7. The van der Waals surface area contributed by atoms with Crippen molar-refractivity contribution in [2.24, 2.45) is 0 Å². The van der Waals surface area contributed by atoms with Crippen molar-refractivity contribution in [3.05, 3.63) is 102 Å². The number of sulfonamides is 1. The maximum absolute atomic E-state index is 12.9. The fourth-order valence-electron chi connectivity index (χ4n) is 4.19.